The second kappa shape index (κ2) is 6.48. The highest BCUT2D eigenvalue weighted by Gasteiger charge is 2.11. The quantitative estimate of drug-likeness (QED) is 0.873. The van der Waals surface area contributed by atoms with Crippen LogP contribution < -0.4 is 15.5 Å². The van der Waals surface area contributed by atoms with E-state index in [0.717, 1.165) is 23.9 Å². The topological polar surface area (TPSA) is 40.2 Å². The number of rotatable bonds is 5. The fourth-order valence-electron chi connectivity index (χ4n) is 2.66. The number of anilines is 4. The van der Waals surface area contributed by atoms with Gasteiger partial charge in [-0.25, -0.2) is 4.98 Å². The van der Waals surface area contributed by atoms with Crippen molar-refractivity contribution in [1.82, 2.24) is 4.98 Å². The Labute approximate surface area is 126 Å². The number of pyridine rings is 1. The monoisotopic (exact) mass is 282 g/mol. The molecule has 2 aromatic rings. The molecule has 4 heteroatoms. The Morgan fingerprint density at radius 3 is 2.43 bits per heavy atom. The lowest BCUT2D eigenvalue weighted by atomic mass is 10.2. The van der Waals surface area contributed by atoms with E-state index in [4.69, 9.17) is 0 Å². The van der Waals surface area contributed by atoms with Crippen LogP contribution in [0.2, 0.25) is 0 Å². The summed E-state index contributed by atoms with van der Waals surface area (Å²) in [6.45, 7) is 5.30. The second-order valence-corrected chi connectivity index (χ2v) is 5.30. The van der Waals surface area contributed by atoms with Gasteiger partial charge in [-0.05, 0) is 56.2 Å². The van der Waals surface area contributed by atoms with Crippen LogP contribution in [0, 0.1) is 0 Å². The maximum absolute atomic E-state index is 4.53. The van der Waals surface area contributed by atoms with E-state index in [1.54, 1.807) is 0 Å². The second-order valence-electron chi connectivity index (χ2n) is 5.30. The molecule has 0 aliphatic carbocycles. The molecule has 0 amide bonds. The third kappa shape index (κ3) is 3.45. The van der Waals surface area contributed by atoms with Crippen LogP contribution in [-0.4, -0.2) is 24.6 Å². The van der Waals surface area contributed by atoms with Crippen LogP contribution in [0.3, 0.4) is 0 Å². The van der Waals surface area contributed by atoms with Gasteiger partial charge in [-0.1, -0.05) is 6.07 Å². The Bertz CT molecular complexity index is 574. The van der Waals surface area contributed by atoms with Gasteiger partial charge in [0.05, 0.1) is 0 Å². The van der Waals surface area contributed by atoms with Crippen molar-refractivity contribution in [1.29, 1.82) is 0 Å². The Balaban J connectivity index is 1.68. The molecule has 110 valence electrons. The van der Waals surface area contributed by atoms with Crippen molar-refractivity contribution in [2.45, 2.75) is 19.8 Å². The molecule has 3 rings (SSSR count). The van der Waals surface area contributed by atoms with Crippen LogP contribution in [0.1, 0.15) is 19.8 Å². The summed E-state index contributed by atoms with van der Waals surface area (Å²) in [6.07, 6.45) is 2.61. The van der Waals surface area contributed by atoms with Crippen LogP contribution in [0.4, 0.5) is 23.0 Å². The molecule has 0 saturated carbocycles. The smallest absolute Gasteiger partial charge is 0.132 e. The van der Waals surface area contributed by atoms with Crippen molar-refractivity contribution in [3.05, 3.63) is 42.5 Å². The van der Waals surface area contributed by atoms with Crippen molar-refractivity contribution >= 4 is 23.0 Å². The number of nitrogens with one attached hydrogen (secondary N) is 2. The fraction of sp³-hybridized carbons (Fsp3) is 0.353. The van der Waals surface area contributed by atoms with Gasteiger partial charge in [0.25, 0.3) is 0 Å². The molecule has 0 bridgehead atoms. The van der Waals surface area contributed by atoms with Crippen molar-refractivity contribution < 1.29 is 0 Å². The summed E-state index contributed by atoms with van der Waals surface area (Å²) in [5.74, 6) is 1.76. The van der Waals surface area contributed by atoms with Crippen molar-refractivity contribution in [2.75, 3.05) is 35.2 Å². The molecule has 0 atom stereocenters. The molecule has 21 heavy (non-hydrogen) atoms. The molecule has 2 N–H and O–H groups in total. The van der Waals surface area contributed by atoms with Gasteiger partial charge < -0.3 is 15.5 Å². The third-order valence-corrected chi connectivity index (χ3v) is 3.72. The van der Waals surface area contributed by atoms with Gasteiger partial charge in [0.15, 0.2) is 0 Å². The van der Waals surface area contributed by atoms with E-state index in [-0.39, 0.29) is 0 Å². The minimum Gasteiger partial charge on any atom is -0.372 e. The Morgan fingerprint density at radius 1 is 1.00 bits per heavy atom. The Morgan fingerprint density at radius 2 is 1.71 bits per heavy atom. The zero-order valence-corrected chi connectivity index (χ0v) is 12.5. The lowest BCUT2D eigenvalue weighted by Gasteiger charge is -2.18. The van der Waals surface area contributed by atoms with Gasteiger partial charge in [0.1, 0.15) is 11.6 Å². The number of nitrogens with zero attached hydrogens (tertiary/aromatic N) is 2. The van der Waals surface area contributed by atoms with Gasteiger partial charge >= 0.3 is 0 Å². The van der Waals surface area contributed by atoms with E-state index >= 15 is 0 Å². The predicted octanol–water partition coefficient (Wildman–Crippen LogP) is 3.86. The zero-order valence-electron chi connectivity index (χ0n) is 12.5. The highest BCUT2D eigenvalue weighted by Crippen LogP contribution is 2.23. The average Bonchev–Trinajstić information content (AvgIpc) is 3.03. The first-order valence-corrected chi connectivity index (χ1v) is 7.68. The van der Waals surface area contributed by atoms with Crippen LogP contribution in [0.5, 0.6) is 0 Å². The molecule has 1 aromatic heterocycles. The van der Waals surface area contributed by atoms with E-state index in [0.29, 0.717) is 0 Å². The summed E-state index contributed by atoms with van der Waals surface area (Å²) in [5.41, 5.74) is 2.38. The minimum atomic E-state index is 0.863. The highest BCUT2D eigenvalue weighted by molar-refractivity contribution is 5.62. The fourth-order valence-corrected chi connectivity index (χ4v) is 2.66. The van der Waals surface area contributed by atoms with Crippen LogP contribution in [0.25, 0.3) is 0 Å². The van der Waals surface area contributed by atoms with Crippen molar-refractivity contribution in [3.63, 3.8) is 0 Å². The van der Waals surface area contributed by atoms with E-state index < -0.39 is 0 Å². The molecular formula is C17H22N4. The standard InChI is InChI=1S/C17H22N4/c1-2-18-16-6-5-7-17(20-16)19-14-8-10-15(11-9-14)21-12-3-4-13-21/h5-11H,2-4,12-13H2,1H3,(H2,18,19,20). The van der Waals surface area contributed by atoms with E-state index in [9.17, 15) is 0 Å². The van der Waals surface area contributed by atoms with Crippen molar-refractivity contribution in [2.24, 2.45) is 0 Å². The van der Waals surface area contributed by atoms with Crippen molar-refractivity contribution in [3.8, 4) is 0 Å². The minimum absolute atomic E-state index is 0.863. The SMILES string of the molecule is CCNc1cccc(Nc2ccc(N3CCCC3)cc2)n1. The van der Waals surface area contributed by atoms with Crippen LogP contribution in [-0.2, 0) is 0 Å². The summed E-state index contributed by atoms with van der Waals surface area (Å²) in [5, 5.41) is 6.57. The van der Waals surface area contributed by atoms with E-state index in [1.807, 2.05) is 18.2 Å². The molecule has 1 aliphatic rings. The maximum atomic E-state index is 4.53. The van der Waals surface area contributed by atoms with Gasteiger partial charge in [-0.3, -0.25) is 0 Å². The zero-order chi connectivity index (χ0) is 14.5. The Kier molecular flexibility index (Phi) is 4.24. The van der Waals surface area contributed by atoms with Crippen LogP contribution >= 0.6 is 0 Å². The van der Waals surface area contributed by atoms with Gasteiger partial charge in [-0.2, -0.15) is 0 Å². The summed E-state index contributed by atoms with van der Waals surface area (Å²) >= 11 is 0. The molecule has 1 aromatic carbocycles. The summed E-state index contributed by atoms with van der Waals surface area (Å²) < 4.78 is 0. The van der Waals surface area contributed by atoms with E-state index in [1.165, 1.54) is 31.6 Å². The third-order valence-electron chi connectivity index (χ3n) is 3.72. The van der Waals surface area contributed by atoms with E-state index in [2.05, 4.69) is 51.7 Å². The summed E-state index contributed by atoms with van der Waals surface area (Å²) in [7, 11) is 0. The van der Waals surface area contributed by atoms with Crippen LogP contribution in [0.15, 0.2) is 42.5 Å². The molecule has 1 fully saturated rings. The van der Waals surface area contributed by atoms with Gasteiger partial charge in [0, 0.05) is 31.0 Å². The first-order chi connectivity index (χ1) is 10.3. The summed E-state index contributed by atoms with van der Waals surface area (Å²) in [6, 6.07) is 14.6. The molecule has 1 saturated heterocycles. The highest BCUT2D eigenvalue weighted by atomic mass is 15.1. The number of hydrogen-bond donors (Lipinski definition) is 2. The molecule has 0 spiro atoms. The van der Waals surface area contributed by atoms with Gasteiger partial charge in [-0.15, -0.1) is 0 Å². The first-order valence-electron chi connectivity index (χ1n) is 7.68. The molecule has 4 nitrogen and oxygen atoms in total. The number of benzene rings is 1. The summed E-state index contributed by atoms with van der Waals surface area (Å²) in [4.78, 5) is 6.96. The lowest BCUT2D eigenvalue weighted by molar-refractivity contribution is 0.949. The molecule has 2 heterocycles. The number of hydrogen-bond acceptors (Lipinski definition) is 4. The molecule has 0 radical (unpaired) electrons. The lowest BCUT2D eigenvalue weighted by Crippen LogP contribution is -2.17. The first kappa shape index (κ1) is 13.7. The number of aromatic nitrogens is 1. The van der Waals surface area contributed by atoms with Gasteiger partial charge in [0.2, 0.25) is 0 Å². The molecule has 0 unspecified atom stereocenters. The Hall–Kier alpha value is -2.23. The average molecular weight is 282 g/mol. The largest absolute Gasteiger partial charge is 0.372 e. The molecule has 1 aliphatic heterocycles. The predicted molar refractivity (Wildman–Crippen MR) is 89.6 cm³/mol. The molecular weight excluding hydrogens is 260 g/mol. The maximum Gasteiger partial charge on any atom is 0.132 e. The normalized spacial score (nSPS) is 14.2.